The second kappa shape index (κ2) is 15.3. The number of amides is 4. The van der Waals surface area contributed by atoms with Crippen molar-refractivity contribution in [3.05, 3.63) is 0 Å². The predicted molar refractivity (Wildman–Crippen MR) is 121 cm³/mol. The van der Waals surface area contributed by atoms with Crippen molar-refractivity contribution < 1.29 is 54.0 Å². The van der Waals surface area contributed by atoms with Crippen molar-refractivity contribution in [2.45, 2.75) is 83.6 Å². The number of carboxylic acid groups (broad SMARTS) is 3. The maximum Gasteiger partial charge on any atom is 0.305 e. The van der Waals surface area contributed by atoms with E-state index in [1.54, 1.807) is 13.8 Å². The maximum absolute atomic E-state index is 12.9. The van der Waals surface area contributed by atoms with E-state index < -0.39 is 103 Å². The van der Waals surface area contributed by atoms with Gasteiger partial charge in [0, 0.05) is 13.3 Å². The Labute approximate surface area is 207 Å². The van der Waals surface area contributed by atoms with Gasteiger partial charge in [0.25, 0.3) is 0 Å². The first-order valence-corrected chi connectivity index (χ1v) is 11.1. The van der Waals surface area contributed by atoms with Gasteiger partial charge in [-0.2, -0.15) is 0 Å². The van der Waals surface area contributed by atoms with Crippen LogP contribution in [0, 0.1) is 5.92 Å². The minimum absolute atomic E-state index is 0.422. The van der Waals surface area contributed by atoms with E-state index in [2.05, 4.69) is 21.3 Å². The van der Waals surface area contributed by atoms with Crippen LogP contribution in [0.1, 0.15) is 53.4 Å². The van der Waals surface area contributed by atoms with Gasteiger partial charge in [-0.15, -0.1) is 0 Å². The summed E-state index contributed by atoms with van der Waals surface area (Å²) in [6, 6.07) is -5.49. The number of rotatable bonds is 16. The molecule has 0 aromatic heterocycles. The molecule has 0 rings (SSSR count). The van der Waals surface area contributed by atoms with Gasteiger partial charge in [-0.1, -0.05) is 13.8 Å². The van der Waals surface area contributed by atoms with E-state index in [1.807, 2.05) is 0 Å². The highest BCUT2D eigenvalue weighted by Gasteiger charge is 2.33. The molecule has 0 aliphatic rings. The molecular weight excluding hydrogens is 484 g/mol. The van der Waals surface area contributed by atoms with Crippen LogP contribution in [-0.4, -0.2) is 92.2 Å². The summed E-state index contributed by atoms with van der Waals surface area (Å²) in [6.45, 7) is 5.44. The molecule has 0 saturated heterocycles. The topological polar surface area (TPSA) is 249 Å². The number of carboxylic acids is 3. The second-order valence-corrected chi connectivity index (χ2v) is 8.53. The molecule has 0 radical (unpaired) electrons. The van der Waals surface area contributed by atoms with Crippen LogP contribution in [0.2, 0.25) is 0 Å². The Morgan fingerprint density at radius 2 is 1.19 bits per heavy atom. The van der Waals surface area contributed by atoms with Crippen LogP contribution in [0.3, 0.4) is 0 Å². The van der Waals surface area contributed by atoms with E-state index in [1.165, 1.54) is 6.92 Å². The Hall–Kier alpha value is -3.75. The first-order chi connectivity index (χ1) is 16.5. The van der Waals surface area contributed by atoms with Gasteiger partial charge in [-0.05, 0) is 19.3 Å². The zero-order valence-electron chi connectivity index (χ0n) is 20.4. The molecule has 36 heavy (non-hydrogen) atoms. The molecule has 15 heteroatoms. The van der Waals surface area contributed by atoms with Gasteiger partial charge in [0.15, 0.2) is 0 Å². The summed E-state index contributed by atoms with van der Waals surface area (Å²) in [5.41, 5.74) is 0. The molecule has 0 spiro atoms. The number of aliphatic carboxylic acids is 3. The highest BCUT2D eigenvalue weighted by Crippen LogP contribution is 2.08. The number of aliphatic hydroxyl groups excluding tert-OH is 1. The third-order valence-electron chi connectivity index (χ3n) is 4.90. The first kappa shape index (κ1) is 32.2. The van der Waals surface area contributed by atoms with Crippen molar-refractivity contribution in [2.75, 3.05) is 0 Å². The molecule has 15 nitrogen and oxygen atoms in total. The van der Waals surface area contributed by atoms with E-state index in [0.717, 1.165) is 6.92 Å². The maximum atomic E-state index is 12.9. The van der Waals surface area contributed by atoms with Crippen LogP contribution in [0.4, 0.5) is 0 Å². The minimum atomic E-state index is -1.55. The fourth-order valence-electron chi connectivity index (χ4n) is 3.03. The summed E-state index contributed by atoms with van der Waals surface area (Å²) >= 11 is 0. The average Bonchev–Trinajstić information content (AvgIpc) is 2.71. The Bertz CT molecular complexity index is 828. The van der Waals surface area contributed by atoms with E-state index in [0.29, 0.717) is 0 Å². The van der Waals surface area contributed by atoms with Gasteiger partial charge >= 0.3 is 17.9 Å². The Kier molecular flexibility index (Phi) is 13.7. The number of hydrogen-bond acceptors (Lipinski definition) is 8. The van der Waals surface area contributed by atoms with E-state index in [4.69, 9.17) is 15.3 Å². The molecule has 0 aromatic carbocycles. The van der Waals surface area contributed by atoms with Crippen molar-refractivity contribution in [3.8, 4) is 0 Å². The van der Waals surface area contributed by atoms with Crippen LogP contribution in [0.5, 0.6) is 0 Å². The predicted octanol–water partition coefficient (Wildman–Crippen LogP) is -2.20. The normalized spacial score (nSPS) is 14.9. The minimum Gasteiger partial charge on any atom is -0.481 e. The summed E-state index contributed by atoms with van der Waals surface area (Å²) < 4.78 is 0. The Morgan fingerprint density at radius 3 is 1.61 bits per heavy atom. The lowest BCUT2D eigenvalue weighted by molar-refractivity contribution is -0.142. The van der Waals surface area contributed by atoms with Crippen LogP contribution in [-0.2, 0) is 33.6 Å². The summed E-state index contributed by atoms with van der Waals surface area (Å²) in [5.74, 6) is -8.11. The molecule has 0 fully saturated rings. The summed E-state index contributed by atoms with van der Waals surface area (Å²) in [5, 5.41) is 45.8. The zero-order chi connectivity index (χ0) is 28.2. The molecule has 0 aromatic rings. The average molecular weight is 519 g/mol. The summed E-state index contributed by atoms with van der Waals surface area (Å²) in [4.78, 5) is 82.7. The molecule has 0 heterocycles. The summed E-state index contributed by atoms with van der Waals surface area (Å²) in [6.07, 6.45) is -3.61. The fraction of sp³-hybridized carbons (Fsp3) is 0.667. The highest BCUT2D eigenvalue weighted by molar-refractivity contribution is 5.95. The van der Waals surface area contributed by atoms with Crippen molar-refractivity contribution in [2.24, 2.45) is 5.92 Å². The number of nitrogens with one attached hydrogen (secondary N) is 4. The molecular formula is C21H34N4O11. The molecule has 5 atom stereocenters. The number of aliphatic hydroxyl groups is 1. The van der Waals surface area contributed by atoms with Crippen molar-refractivity contribution in [1.82, 2.24) is 21.3 Å². The number of carbonyl (C=O) groups excluding carboxylic acids is 4. The van der Waals surface area contributed by atoms with E-state index in [9.17, 15) is 38.7 Å². The number of carbonyl (C=O) groups is 7. The lowest BCUT2D eigenvalue weighted by Crippen LogP contribution is -2.59. The quantitative estimate of drug-likeness (QED) is 0.109. The monoisotopic (exact) mass is 518 g/mol. The van der Waals surface area contributed by atoms with Crippen LogP contribution < -0.4 is 21.3 Å². The molecule has 0 unspecified atom stereocenters. The third-order valence-corrected chi connectivity index (χ3v) is 4.90. The van der Waals surface area contributed by atoms with Gasteiger partial charge in [0.05, 0.1) is 25.0 Å². The van der Waals surface area contributed by atoms with Gasteiger partial charge in [-0.25, -0.2) is 0 Å². The summed E-state index contributed by atoms with van der Waals surface area (Å²) in [7, 11) is 0. The van der Waals surface area contributed by atoms with Gasteiger partial charge in [0.1, 0.15) is 18.1 Å². The molecule has 0 bridgehead atoms. The molecule has 204 valence electrons. The first-order valence-electron chi connectivity index (χ1n) is 11.1. The molecule has 8 N–H and O–H groups in total. The zero-order valence-corrected chi connectivity index (χ0v) is 20.4. The third kappa shape index (κ3) is 12.6. The number of hydrogen-bond donors (Lipinski definition) is 8. The van der Waals surface area contributed by atoms with Gasteiger partial charge in [0.2, 0.25) is 23.6 Å². The Morgan fingerprint density at radius 1 is 0.667 bits per heavy atom. The molecule has 0 aliphatic carbocycles. The van der Waals surface area contributed by atoms with E-state index >= 15 is 0 Å². The molecule has 0 saturated carbocycles. The standard InChI is InChI=1S/C21H34N4O11/c1-9(2)18(21(36)24-13(10(3)26)7-16(30)31)25-19(34)12(5-6-15(28)29)23-20(35)14(8-17(32)33)22-11(4)27/h9-10,12-14,18,26H,5-8H2,1-4H3,(H,22,27)(H,23,35)(H,24,36)(H,25,34)(H,28,29)(H,30,31)(H,32,33)/t10-,12+,13+,14+,18+/m1/s1. The van der Waals surface area contributed by atoms with Crippen LogP contribution >= 0.6 is 0 Å². The fourth-order valence-corrected chi connectivity index (χ4v) is 3.03. The second-order valence-electron chi connectivity index (χ2n) is 8.53. The van der Waals surface area contributed by atoms with Crippen molar-refractivity contribution in [1.29, 1.82) is 0 Å². The lowest BCUT2D eigenvalue weighted by Gasteiger charge is -2.28. The van der Waals surface area contributed by atoms with Crippen molar-refractivity contribution >= 4 is 41.5 Å². The highest BCUT2D eigenvalue weighted by atomic mass is 16.4. The van der Waals surface area contributed by atoms with Crippen molar-refractivity contribution in [3.63, 3.8) is 0 Å². The molecule has 4 amide bonds. The lowest BCUT2D eigenvalue weighted by atomic mass is 10.0. The van der Waals surface area contributed by atoms with Gasteiger partial charge in [-0.3, -0.25) is 33.6 Å². The molecule has 0 aliphatic heterocycles. The van der Waals surface area contributed by atoms with Gasteiger partial charge < -0.3 is 41.7 Å². The SMILES string of the molecule is CC(=O)N[C@@H](CC(=O)O)C(=O)N[C@@H](CCC(=O)O)C(=O)N[C@H](C(=O)N[C@@H](CC(=O)O)[C@@H](C)O)C(C)C. The van der Waals surface area contributed by atoms with Crippen LogP contribution in [0.25, 0.3) is 0 Å². The van der Waals surface area contributed by atoms with E-state index in [-0.39, 0.29) is 0 Å². The van der Waals surface area contributed by atoms with Crippen LogP contribution in [0.15, 0.2) is 0 Å². The Balaban J connectivity index is 5.72. The largest absolute Gasteiger partial charge is 0.481 e. The smallest absolute Gasteiger partial charge is 0.305 e.